The van der Waals surface area contributed by atoms with Crippen LogP contribution in [0.15, 0.2) is 30.5 Å². The van der Waals surface area contributed by atoms with E-state index in [1.54, 1.807) is 12.1 Å². The topological polar surface area (TPSA) is 55.6 Å². The monoisotopic (exact) mass is 232 g/mol. The summed E-state index contributed by atoms with van der Waals surface area (Å²) in [6, 6.07) is 5.33. The molecule has 1 aromatic rings. The number of hydrogen-bond donors (Lipinski definition) is 0. The van der Waals surface area contributed by atoms with Crippen LogP contribution in [0.3, 0.4) is 0 Å². The predicted octanol–water partition coefficient (Wildman–Crippen LogP) is 1.87. The van der Waals surface area contributed by atoms with Gasteiger partial charge in [-0.1, -0.05) is 6.58 Å². The number of nitro groups is 1. The quantitative estimate of drug-likeness (QED) is 0.577. The van der Waals surface area contributed by atoms with E-state index in [1.165, 1.54) is 0 Å². The van der Waals surface area contributed by atoms with Gasteiger partial charge < -0.3 is 9.64 Å². The molecule has 3 rings (SSSR count). The van der Waals surface area contributed by atoms with Crippen molar-refractivity contribution in [1.29, 1.82) is 0 Å². The van der Waals surface area contributed by atoms with Crippen LogP contribution in [0, 0.1) is 10.1 Å². The van der Waals surface area contributed by atoms with E-state index < -0.39 is 0 Å². The summed E-state index contributed by atoms with van der Waals surface area (Å²) in [7, 11) is 0. The van der Waals surface area contributed by atoms with Crippen LogP contribution in [0.2, 0.25) is 0 Å². The van der Waals surface area contributed by atoms with Crippen LogP contribution in [0.1, 0.15) is 5.56 Å². The average molecular weight is 232 g/mol. The molecule has 5 nitrogen and oxygen atoms in total. The normalized spacial score (nSPS) is 19.1. The van der Waals surface area contributed by atoms with E-state index >= 15 is 0 Å². The summed E-state index contributed by atoms with van der Waals surface area (Å²) >= 11 is 0. The summed E-state index contributed by atoms with van der Waals surface area (Å²) in [6.45, 7) is 5.44. The molecule has 0 spiro atoms. The molecular weight excluding hydrogens is 220 g/mol. The molecule has 0 N–H and O–H groups in total. The minimum atomic E-state index is -0.363. The largest absolute Gasteiger partial charge is 0.377 e. The SMILES string of the molecule is C=C1Cc2cc([N+](=O)[O-])ccc2N1C1COC1. The first-order chi connectivity index (χ1) is 8.16. The van der Waals surface area contributed by atoms with Crippen LogP contribution in [-0.2, 0) is 11.2 Å². The molecular formula is C12H12N2O3. The standard InChI is InChI=1S/C12H12N2O3/c1-8-4-9-5-10(14(15)16)2-3-12(9)13(8)11-6-17-7-11/h2-3,5,11H,1,4,6-7H2. The van der Waals surface area contributed by atoms with Crippen molar-refractivity contribution < 1.29 is 9.66 Å². The Morgan fingerprint density at radius 1 is 1.47 bits per heavy atom. The number of allylic oxidation sites excluding steroid dienone is 1. The fourth-order valence-electron chi connectivity index (χ4n) is 2.36. The van der Waals surface area contributed by atoms with Gasteiger partial charge in [0.15, 0.2) is 0 Å². The highest BCUT2D eigenvalue weighted by Gasteiger charge is 2.34. The number of fused-ring (bicyclic) bond motifs is 1. The van der Waals surface area contributed by atoms with Crippen LogP contribution < -0.4 is 4.90 Å². The molecule has 1 saturated heterocycles. The van der Waals surface area contributed by atoms with Gasteiger partial charge in [-0.25, -0.2) is 0 Å². The fourth-order valence-corrected chi connectivity index (χ4v) is 2.36. The highest BCUT2D eigenvalue weighted by Crippen LogP contribution is 2.38. The second-order valence-electron chi connectivity index (χ2n) is 4.37. The highest BCUT2D eigenvalue weighted by atomic mass is 16.6. The summed E-state index contributed by atoms with van der Waals surface area (Å²) in [5.74, 6) is 0. The molecule has 17 heavy (non-hydrogen) atoms. The van der Waals surface area contributed by atoms with Crippen molar-refractivity contribution in [2.24, 2.45) is 0 Å². The van der Waals surface area contributed by atoms with Gasteiger partial charge >= 0.3 is 0 Å². The van der Waals surface area contributed by atoms with E-state index in [0.29, 0.717) is 25.7 Å². The molecule has 2 aliphatic rings. The van der Waals surface area contributed by atoms with Crippen molar-refractivity contribution in [3.63, 3.8) is 0 Å². The van der Waals surface area contributed by atoms with Crippen molar-refractivity contribution in [2.45, 2.75) is 12.5 Å². The highest BCUT2D eigenvalue weighted by molar-refractivity contribution is 5.68. The molecule has 0 amide bonds. The lowest BCUT2D eigenvalue weighted by molar-refractivity contribution is -0.384. The van der Waals surface area contributed by atoms with E-state index in [0.717, 1.165) is 16.9 Å². The second-order valence-corrected chi connectivity index (χ2v) is 4.37. The number of anilines is 1. The Morgan fingerprint density at radius 2 is 2.24 bits per heavy atom. The molecule has 0 saturated carbocycles. The Morgan fingerprint density at radius 3 is 2.82 bits per heavy atom. The van der Waals surface area contributed by atoms with Crippen LogP contribution in [0.5, 0.6) is 0 Å². The lowest BCUT2D eigenvalue weighted by Crippen LogP contribution is -2.47. The third-order valence-electron chi connectivity index (χ3n) is 3.25. The average Bonchev–Trinajstić information content (AvgIpc) is 2.52. The van der Waals surface area contributed by atoms with Crippen molar-refractivity contribution in [1.82, 2.24) is 0 Å². The second kappa shape index (κ2) is 3.56. The maximum Gasteiger partial charge on any atom is 0.269 e. The number of hydrogen-bond acceptors (Lipinski definition) is 4. The maximum atomic E-state index is 10.7. The van der Waals surface area contributed by atoms with Crippen LogP contribution in [0.4, 0.5) is 11.4 Å². The molecule has 2 heterocycles. The predicted molar refractivity (Wildman–Crippen MR) is 63.0 cm³/mol. The lowest BCUT2D eigenvalue weighted by atomic mass is 10.1. The van der Waals surface area contributed by atoms with Gasteiger partial charge in [0.25, 0.3) is 5.69 Å². The summed E-state index contributed by atoms with van der Waals surface area (Å²) in [6.07, 6.45) is 0.688. The lowest BCUT2D eigenvalue weighted by Gasteiger charge is -2.37. The minimum absolute atomic E-state index is 0.142. The Bertz CT molecular complexity index is 508. The van der Waals surface area contributed by atoms with E-state index in [2.05, 4.69) is 11.5 Å². The van der Waals surface area contributed by atoms with Gasteiger partial charge in [-0.3, -0.25) is 10.1 Å². The van der Waals surface area contributed by atoms with Gasteiger partial charge in [-0.05, 0) is 11.6 Å². The number of nitrogens with zero attached hydrogens (tertiary/aromatic N) is 2. The van der Waals surface area contributed by atoms with Crippen LogP contribution >= 0.6 is 0 Å². The van der Waals surface area contributed by atoms with E-state index in [-0.39, 0.29) is 10.6 Å². The Kier molecular flexibility index (Phi) is 2.16. The van der Waals surface area contributed by atoms with E-state index in [4.69, 9.17) is 4.74 Å². The van der Waals surface area contributed by atoms with Gasteiger partial charge in [0.2, 0.25) is 0 Å². The first-order valence-electron chi connectivity index (χ1n) is 5.49. The molecule has 0 aromatic heterocycles. The molecule has 1 fully saturated rings. The van der Waals surface area contributed by atoms with Gasteiger partial charge in [0.1, 0.15) is 0 Å². The Balaban J connectivity index is 1.99. The molecule has 88 valence electrons. The number of nitro benzene ring substituents is 1. The van der Waals surface area contributed by atoms with Gasteiger partial charge in [0.05, 0.1) is 24.2 Å². The molecule has 0 bridgehead atoms. The van der Waals surface area contributed by atoms with E-state index in [1.807, 2.05) is 6.07 Å². The third-order valence-corrected chi connectivity index (χ3v) is 3.25. The number of ether oxygens (including phenoxy) is 1. The van der Waals surface area contributed by atoms with Crippen LogP contribution in [0.25, 0.3) is 0 Å². The number of non-ortho nitro benzene ring substituents is 1. The Labute approximate surface area is 98.4 Å². The smallest absolute Gasteiger partial charge is 0.269 e. The minimum Gasteiger partial charge on any atom is -0.377 e. The van der Waals surface area contributed by atoms with Gasteiger partial charge in [-0.2, -0.15) is 0 Å². The zero-order valence-corrected chi connectivity index (χ0v) is 9.26. The molecule has 0 atom stereocenters. The first-order valence-corrected chi connectivity index (χ1v) is 5.49. The zero-order chi connectivity index (χ0) is 12.0. The first kappa shape index (κ1) is 10.3. The maximum absolute atomic E-state index is 10.7. The molecule has 1 aromatic carbocycles. The van der Waals surface area contributed by atoms with Crippen molar-refractivity contribution in [3.05, 3.63) is 46.2 Å². The summed E-state index contributed by atoms with van der Waals surface area (Å²) < 4.78 is 5.18. The van der Waals surface area contributed by atoms with Gasteiger partial charge in [0, 0.05) is 29.9 Å². The summed E-state index contributed by atoms with van der Waals surface area (Å²) in [5, 5.41) is 10.7. The van der Waals surface area contributed by atoms with E-state index in [9.17, 15) is 10.1 Å². The molecule has 2 aliphatic heterocycles. The number of rotatable bonds is 2. The van der Waals surface area contributed by atoms with Crippen molar-refractivity contribution in [3.8, 4) is 0 Å². The number of benzene rings is 1. The molecule has 0 aliphatic carbocycles. The van der Waals surface area contributed by atoms with Crippen molar-refractivity contribution >= 4 is 11.4 Å². The Hall–Kier alpha value is -1.88. The van der Waals surface area contributed by atoms with Crippen molar-refractivity contribution in [2.75, 3.05) is 18.1 Å². The molecule has 5 heteroatoms. The summed E-state index contributed by atoms with van der Waals surface area (Å²) in [4.78, 5) is 12.5. The zero-order valence-electron chi connectivity index (χ0n) is 9.26. The van der Waals surface area contributed by atoms with Gasteiger partial charge in [-0.15, -0.1) is 0 Å². The van der Waals surface area contributed by atoms with Crippen LogP contribution in [-0.4, -0.2) is 24.2 Å². The summed E-state index contributed by atoms with van der Waals surface area (Å²) in [5.41, 5.74) is 3.15. The molecule has 0 radical (unpaired) electrons. The molecule has 0 unspecified atom stereocenters. The fraction of sp³-hybridized carbons (Fsp3) is 0.333. The third kappa shape index (κ3) is 1.51.